The second kappa shape index (κ2) is 3.98. The van der Waals surface area contributed by atoms with E-state index in [-0.39, 0.29) is 16.1 Å². The van der Waals surface area contributed by atoms with Crippen molar-refractivity contribution < 1.29 is 19.8 Å². The average molecular weight is 279 g/mol. The van der Waals surface area contributed by atoms with Gasteiger partial charge in [0.1, 0.15) is 0 Å². The van der Waals surface area contributed by atoms with Gasteiger partial charge in [-0.2, -0.15) is 0 Å². The fraction of sp³-hybridized carbons (Fsp3) is 0. The highest BCUT2D eigenvalue weighted by atomic mass is 79.9. The maximum Gasteiger partial charge on any atom is 0.337 e. The maximum atomic E-state index is 10.7. The molecule has 0 aliphatic rings. The predicted octanol–water partition coefficient (Wildman–Crippen LogP) is 2.50. The highest BCUT2D eigenvalue weighted by Gasteiger charge is 2.17. The normalized spacial score (nSPS) is 9.86. The molecule has 14 heavy (non-hydrogen) atoms. The molecule has 1 rings (SSSR count). The van der Waals surface area contributed by atoms with Gasteiger partial charge in [0.05, 0.1) is 16.1 Å². The van der Waals surface area contributed by atoms with E-state index >= 15 is 0 Å². The molecular weight excluding hydrogens is 275 g/mol. The van der Waals surface area contributed by atoms with E-state index in [0.717, 1.165) is 0 Å². The van der Waals surface area contributed by atoms with Crippen LogP contribution in [0.3, 0.4) is 0 Å². The van der Waals surface area contributed by atoms with Gasteiger partial charge in [0.2, 0.25) is 0 Å². The summed E-state index contributed by atoms with van der Waals surface area (Å²) < 4.78 is 0.358. The molecule has 0 amide bonds. The minimum absolute atomic E-state index is 0.238. The van der Waals surface area contributed by atoms with Gasteiger partial charge in [0.25, 0.3) is 0 Å². The minimum Gasteiger partial charge on any atom is -0.478 e. The van der Waals surface area contributed by atoms with Crippen LogP contribution in [0, 0.1) is 0 Å². The summed E-state index contributed by atoms with van der Waals surface area (Å²) >= 11 is 8.59. The van der Waals surface area contributed by atoms with Crippen LogP contribution in [0.4, 0.5) is 0 Å². The second-order valence-corrected chi connectivity index (χ2v) is 3.72. The van der Waals surface area contributed by atoms with E-state index in [9.17, 15) is 9.59 Å². The lowest BCUT2D eigenvalue weighted by atomic mass is 10.1. The van der Waals surface area contributed by atoms with E-state index in [2.05, 4.69) is 15.9 Å². The summed E-state index contributed by atoms with van der Waals surface area (Å²) in [7, 11) is 0. The lowest BCUT2D eigenvalue weighted by Gasteiger charge is -2.03. The summed E-state index contributed by atoms with van der Waals surface area (Å²) in [6, 6.07) is 2.49. The maximum absolute atomic E-state index is 10.7. The van der Waals surface area contributed by atoms with Crippen molar-refractivity contribution in [2.24, 2.45) is 0 Å². The fourth-order valence-electron chi connectivity index (χ4n) is 0.900. The Morgan fingerprint density at radius 3 is 1.79 bits per heavy atom. The molecule has 0 aliphatic heterocycles. The molecule has 1 aromatic carbocycles. The Balaban J connectivity index is 3.47. The van der Waals surface area contributed by atoms with Crippen molar-refractivity contribution in [1.82, 2.24) is 0 Å². The molecule has 0 radical (unpaired) electrons. The number of carboxylic acids is 2. The first kappa shape index (κ1) is 11.0. The number of benzene rings is 1. The minimum atomic E-state index is -1.26. The first-order valence-corrected chi connectivity index (χ1v) is 4.56. The van der Waals surface area contributed by atoms with Crippen molar-refractivity contribution in [1.29, 1.82) is 0 Å². The van der Waals surface area contributed by atoms with Crippen LogP contribution in [0.15, 0.2) is 16.6 Å². The second-order valence-electron chi connectivity index (χ2n) is 2.43. The van der Waals surface area contributed by atoms with Crippen molar-refractivity contribution in [3.63, 3.8) is 0 Å². The molecule has 1 aromatic rings. The standard InChI is InChI=1S/C8H4BrClO4/c9-3-1-4(7(11)12)6(10)5(2-3)8(13)14/h1-2H,(H,11,12)(H,13,14). The van der Waals surface area contributed by atoms with Gasteiger partial charge in [-0.3, -0.25) is 0 Å². The number of carboxylic acid groups (broad SMARTS) is 2. The summed E-state index contributed by atoms with van der Waals surface area (Å²) in [5, 5.41) is 17.1. The van der Waals surface area contributed by atoms with Gasteiger partial charge in [-0.15, -0.1) is 0 Å². The fourth-order valence-corrected chi connectivity index (χ4v) is 1.63. The number of carbonyl (C=O) groups is 2. The van der Waals surface area contributed by atoms with Crippen LogP contribution in [0.5, 0.6) is 0 Å². The molecule has 0 unspecified atom stereocenters. The van der Waals surface area contributed by atoms with Crippen LogP contribution in [0.1, 0.15) is 20.7 Å². The van der Waals surface area contributed by atoms with Crippen molar-refractivity contribution in [2.75, 3.05) is 0 Å². The summed E-state index contributed by atoms with van der Waals surface area (Å²) in [4.78, 5) is 21.3. The molecule has 74 valence electrons. The molecule has 0 fully saturated rings. The van der Waals surface area contributed by atoms with Crippen molar-refractivity contribution >= 4 is 39.5 Å². The number of hydrogen-bond acceptors (Lipinski definition) is 2. The van der Waals surface area contributed by atoms with E-state index in [1.165, 1.54) is 12.1 Å². The molecule has 0 saturated heterocycles. The molecule has 0 aliphatic carbocycles. The zero-order chi connectivity index (χ0) is 10.9. The Bertz CT molecular complexity index is 381. The molecule has 2 N–H and O–H groups in total. The lowest BCUT2D eigenvalue weighted by Crippen LogP contribution is -2.04. The molecule has 0 aromatic heterocycles. The molecule has 0 bridgehead atoms. The van der Waals surface area contributed by atoms with Crippen molar-refractivity contribution in [3.8, 4) is 0 Å². The van der Waals surface area contributed by atoms with Crippen LogP contribution in [0.2, 0.25) is 5.02 Å². The Morgan fingerprint density at radius 1 is 1.14 bits per heavy atom. The smallest absolute Gasteiger partial charge is 0.337 e. The largest absolute Gasteiger partial charge is 0.478 e. The topological polar surface area (TPSA) is 74.6 Å². The van der Waals surface area contributed by atoms with Crippen molar-refractivity contribution in [2.45, 2.75) is 0 Å². The monoisotopic (exact) mass is 278 g/mol. The van der Waals surface area contributed by atoms with Gasteiger partial charge >= 0.3 is 11.9 Å². The van der Waals surface area contributed by atoms with Gasteiger partial charge in [-0.05, 0) is 12.1 Å². The number of hydrogen-bond donors (Lipinski definition) is 2. The van der Waals surface area contributed by atoms with Gasteiger partial charge in [-0.1, -0.05) is 27.5 Å². The van der Waals surface area contributed by atoms with Crippen LogP contribution in [-0.2, 0) is 0 Å². The van der Waals surface area contributed by atoms with Gasteiger partial charge in [-0.25, -0.2) is 9.59 Å². The molecular formula is C8H4BrClO4. The van der Waals surface area contributed by atoms with E-state index in [0.29, 0.717) is 4.47 Å². The first-order valence-electron chi connectivity index (χ1n) is 3.39. The number of aromatic carboxylic acids is 2. The number of rotatable bonds is 2. The van der Waals surface area contributed by atoms with E-state index in [4.69, 9.17) is 21.8 Å². The lowest BCUT2D eigenvalue weighted by molar-refractivity contribution is 0.0696. The first-order chi connectivity index (χ1) is 6.43. The SMILES string of the molecule is O=C(O)c1cc(Br)cc(C(=O)O)c1Cl. The molecule has 4 nitrogen and oxygen atoms in total. The van der Waals surface area contributed by atoms with Gasteiger partial charge in [0.15, 0.2) is 0 Å². The Kier molecular flexibility index (Phi) is 3.13. The third kappa shape index (κ3) is 2.05. The van der Waals surface area contributed by atoms with E-state index in [1.807, 2.05) is 0 Å². The Labute approximate surface area is 92.2 Å². The predicted molar refractivity (Wildman–Crippen MR) is 53.1 cm³/mol. The van der Waals surface area contributed by atoms with Gasteiger partial charge in [0, 0.05) is 4.47 Å². The van der Waals surface area contributed by atoms with Gasteiger partial charge < -0.3 is 10.2 Å². The molecule has 6 heteroatoms. The molecule has 0 heterocycles. The van der Waals surface area contributed by atoms with E-state index in [1.54, 1.807) is 0 Å². The quantitative estimate of drug-likeness (QED) is 0.872. The summed E-state index contributed by atoms with van der Waals surface area (Å²) in [5.74, 6) is -2.53. The van der Waals surface area contributed by atoms with Crippen LogP contribution in [-0.4, -0.2) is 22.2 Å². The third-order valence-corrected chi connectivity index (χ3v) is 2.36. The molecule has 0 saturated carbocycles. The Hall–Kier alpha value is -1.07. The molecule has 0 spiro atoms. The highest BCUT2D eigenvalue weighted by Crippen LogP contribution is 2.26. The van der Waals surface area contributed by atoms with E-state index < -0.39 is 11.9 Å². The zero-order valence-corrected chi connectivity index (χ0v) is 8.96. The van der Waals surface area contributed by atoms with Crippen LogP contribution in [0.25, 0.3) is 0 Å². The van der Waals surface area contributed by atoms with Crippen LogP contribution < -0.4 is 0 Å². The molecule has 0 atom stereocenters. The summed E-state index contributed by atoms with van der Waals surface area (Å²) in [5.41, 5.74) is -0.475. The average Bonchev–Trinajstić information content (AvgIpc) is 2.07. The Morgan fingerprint density at radius 2 is 1.50 bits per heavy atom. The highest BCUT2D eigenvalue weighted by molar-refractivity contribution is 9.10. The zero-order valence-electron chi connectivity index (χ0n) is 6.62. The van der Waals surface area contributed by atoms with Crippen molar-refractivity contribution in [3.05, 3.63) is 32.8 Å². The summed E-state index contributed by atoms with van der Waals surface area (Å²) in [6.07, 6.45) is 0. The van der Waals surface area contributed by atoms with Crippen LogP contribution >= 0.6 is 27.5 Å². The third-order valence-electron chi connectivity index (χ3n) is 1.50. The summed E-state index contributed by atoms with van der Waals surface area (Å²) in [6.45, 7) is 0. The number of halogens is 2.